The molecule has 0 radical (unpaired) electrons. The molecule has 29 heavy (non-hydrogen) atoms. The van der Waals surface area contributed by atoms with E-state index in [2.05, 4.69) is 10.0 Å². The summed E-state index contributed by atoms with van der Waals surface area (Å²) in [5, 5.41) is 11.4. The first kappa shape index (κ1) is 22.1. The zero-order valence-corrected chi connectivity index (χ0v) is 16.8. The van der Waals surface area contributed by atoms with Crippen molar-refractivity contribution in [2.75, 3.05) is 6.54 Å². The fourth-order valence-electron chi connectivity index (χ4n) is 2.38. The van der Waals surface area contributed by atoms with Crippen LogP contribution in [0.3, 0.4) is 0 Å². The highest BCUT2D eigenvalue weighted by atomic mass is 32.2. The number of benzene rings is 2. The topological polar surface area (TPSA) is 125 Å². The number of hydrogen-bond acceptors (Lipinski definition) is 6. The number of amides is 1. The Hall–Kier alpha value is -3.22. The Morgan fingerprint density at radius 3 is 2.38 bits per heavy atom. The number of nitrogens with zero attached hydrogens (tertiary/aromatic N) is 1. The molecule has 0 aliphatic heterocycles. The van der Waals surface area contributed by atoms with Crippen molar-refractivity contribution in [3.63, 3.8) is 0 Å². The molecule has 2 aromatic rings. The van der Waals surface area contributed by atoms with Gasteiger partial charge in [0.15, 0.2) is 0 Å². The van der Waals surface area contributed by atoms with Gasteiger partial charge in [-0.15, -0.1) is 0 Å². The summed E-state index contributed by atoms with van der Waals surface area (Å²) in [6.45, 7) is 2.98. The average Bonchev–Trinajstić information content (AvgIpc) is 2.69. The fourth-order valence-corrected chi connectivity index (χ4v) is 3.63. The molecule has 0 saturated heterocycles. The molecule has 0 spiro atoms. The number of esters is 1. The van der Waals surface area contributed by atoms with Crippen LogP contribution in [-0.4, -0.2) is 32.9 Å². The highest BCUT2D eigenvalue weighted by Gasteiger charge is 2.16. The SMILES string of the molecule is CC(C)NS(=O)(=O)c1ccc(C(=O)NCC(=O)OCc2ccccc2C#N)cc1. The lowest BCUT2D eigenvalue weighted by molar-refractivity contribution is -0.143. The highest BCUT2D eigenvalue weighted by molar-refractivity contribution is 7.89. The van der Waals surface area contributed by atoms with E-state index in [0.717, 1.165) is 0 Å². The predicted molar refractivity (Wildman–Crippen MR) is 105 cm³/mol. The maximum absolute atomic E-state index is 12.1. The molecule has 2 rings (SSSR count). The average molecular weight is 415 g/mol. The first-order chi connectivity index (χ1) is 13.7. The summed E-state index contributed by atoms with van der Waals surface area (Å²) in [7, 11) is -3.65. The standard InChI is InChI=1S/C20H21N3O5S/c1-14(2)23-29(26,27)18-9-7-15(8-10-18)20(25)22-12-19(24)28-13-17-6-4-3-5-16(17)11-21/h3-10,14,23H,12-13H2,1-2H3,(H,22,25). The zero-order chi connectivity index (χ0) is 21.4. The number of carbonyl (C=O) groups excluding carboxylic acids is 2. The second-order valence-electron chi connectivity index (χ2n) is 6.41. The molecule has 0 fully saturated rings. The summed E-state index contributed by atoms with van der Waals surface area (Å²) >= 11 is 0. The third-order valence-electron chi connectivity index (χ3n) is 3.74. The lowest BCUT2D eigenvalue weighted by Crippen LogP contribution is -2.31. The first-order valence-electron chi connectivity index (χ1n) is 8.77. The van der Waals surface area contributed by atoms with E-state index in [1.165, 1.54) is 24.3 Å². The summed E-state index contributed by atoms with van der Waals surface area (Å²) in [5.74, 6) is -1.20. The van der Waals surface area contributed by atoms with Crippen molar-refractivity contribution in [2.45, 2.75) is 31.4 Å². The van der Waals surface area contributed by atoms with Gasteiger partial charge in [-0.1, -0.05) is 18.2 Å². The van der Waals surface area contributed by atoms with Gasteiger partial charge in [-0.2, -0.15) is 5.26 Å². The number of carbonyl (C=O) groups is 2. The first-order valence-corrected chi connectivity index (χ1v) is 10.3. The van der Waals surface area contributed by atoms with Gasteiger partial charge in [-0.3, -0.25) is 9.59 Å². The molecular formula is C20H21N3O5S. The minimum Gasteiger partial charge on any atom is -0.459 e. The van der Waals surface area contributed by atoms with Gasteiger partial charge in [0.05, 0.1) is 16.5 Å². The number of sulfonamides is 1. The summed E-state index contributed by atoms with van der Waals surface area (Å²) in [5.41, 5.74) is 1.18. The van der Waals surface area contributed by atoms with Crippen LogP contribution >= 0.6 is 0 Å². The van der Waals surface area contributed by atoms with Crippen LogP contribution in [-0.2, 0) is 26.2 Å². The third-order valence-corrected chi connectivity index (χ3v) is 5.41. The fraction of sp³-hybridized carbons (Fsp3) is 0.250. The second-order valence-corrected chi connectivity index (χ2v) is 8.13. The molecule has 0 heterocycles. The van der Waals surface area contributed by atoms with Crippen LogP contribution in [0, 0.1) is 11.3 Å². The van der Waals surface area contributed by atoms with Gasteiger partial charge in [0.25, 0.3) is 5.91 Å². The van der Waals surface area contributed by atoms with Gasteiger partial charge in [0.1, 0.15) is 13.2 Å². The van der Waals surface area contributed by atoms with E-state index < -0.39 is 21.9 Å². The van der Waals surface area contributed by atoms with Crippen LogP contribution in [0.4, 0.5) is 0 Å². The molecule has 152 valence electrons. The van der Waals surface area contributed by atoms with E-state index in [1.54, 1.807) is 38.1 Å². The number of rotatable bonds is 8. The van der Waals surface area contributed by atoms with Gasteiger partial charge in [0, 0.05) is 17.2 Å². The Labute approximate surface area is 169 Å². The highest BCUT2D eigenvalue weighted by Crippen LogP contribution is 2.11. The summed E-state index contributed by atoms with van der Waals surface area (Å²) in [6.07, 6.45) is 0. The second kappa shape index (κ2) is 9.82. The lowest BCUT2D eigenvalue weighted by Gasteiger charge is -2.10. The molecule has 0 aromatic heterocycles. The molecule has 0 unspecified atom stereocenters. The van der Waals surface area contributed by atoms with Crippen molar-refractivity contribution in [3.05, 3.63) is 65.2 Å². The molecule has 0 saturated carbocycles. The zero-order valence-electron chi connectivity index (χ0n) is 16.0. The van der Waals surface area contributed by atoms with Crippen LogP contribution < -0.4 is 10.0 Å². The van der Waals surface area contributed by atoms with Crippen LogP contribution in [0.25, 0.3) is 0 Å². The number of ether oxygens (including phenoxy) is 1. The number of nitriles is 1. The van der Waals surface area contributed by atoms with Crippen molar-refractivity contribution < 1.29 is 22.7 Å². The molecule has 8 nitrogen and oxygen atoms in total. The molecule has 2 aromatic carbocycles. The molecule has 2 N–H and O–H groups in total. The molecule has 0 aliphatic carbocycles. The van der Waals surface area contributed by atoms with Crippen LogP contribution in [0.5, 0.6) is 0 Å². The van der Waals surface area contributed by atoms with E-state index in [0.29, 0.717) is 11.1 Å². The maximum atomic E-state index is 12.1. The van der Waals surface area contributed by atoms with Crippen LogP contribution in [0.15, 0.2) is 53.4 Å². The molecule has 0 aliphatic rings. The summed E-state index contributed by atoms with van der Waals surface area (Å²) < 4.78 is 31.7. The largest absolute Gasteiger partial charge is 0.459 e. The van der Waals surface area contributed by atoms with Crippen molar-refractivity contribution in [2.24, 2.45) is 0 Å². The van der Waals surface area contributed by atoms with Crippen molar-refractivity contribution in [3.8, 4) is 6.07 Å². The summed E-state index contributed by atoms with van der Waals surface area (Å²) in [4.78, 5) is 24.0. The normalized spacial score (nSPS) is 11.0. The molecule has 9 heteroatoms. The van der Waals surface area contributed by atoms with Crippen molar-refractivity contribution in [1.82, 2.24) is 10.0 Å². The van der Waals surface area contributed by atoms with E-state index >= 15 is 0 Å². The van der Waals surface area contributed by atoms with Gasteiger partial charge in [-0.25, -0.2) is 13.1 Å². The Kier molecular flexibility index (Phi) is 7.47. The Balaban J connectivity index is 1.89. The van der Waals surface area contributed by atoms with E-state index in [1.807, 2.05) is 6.07 Å². The van der Waals surface area contributed by atoms with Gasteiger partial charge in [0.2, 0.25) is 10.0 Å². The van der Waals surface area contributed by atoms with Gasteiger partial charge in [-0.05, 0) is 44.2 Å². The predicted octanol–water partition coefficient (Wildman–Crippen LogP) is 1.72. The monoisotopic (exact) mass is 415 g/mol. The Morgan fingerprint density at radius 1 is 1.10 bits per heavy atom. The maximum Gasteiger partial charge on any atom is 0.325 e. The van der Waals surface area contributed by atoms with Crippen molar-refractivity contribution >= 4 is 21.9 Å². The Bertz CT molecular complexity index is 1020. The Morgan fingerprint density at radius 2 is 1.76 bits per heavy atom. The smallest absolute Gasteiger partial charge is 0.325 e. The molecule has 0 bridgehead atoms. The number of nitrogens with one attached hydrogen (secondary N) is 2. The third kappa shape index (κ3) is 6.41. The molecule has 0 atom stereocenters. The summed E-state index contributed by atoms with van der Waals surface area (Å²) in [6, 6.07) is 13.8. The molecule has 1 amide bonds. The van der Waals surface area contributed by atoms with E-state index in [9.17, 15) is 18.0 Å². The van der Waals surface area contributed by atoms with Crippen LogP contribution in [0.1, 0.15) is 35.3 Å². The van der Waals surface area contributed by atoms with Gasteiger partial charge < -0.3 is 10.1 Å². The van der Waals surface area contributed by atoms with E-state index in [-0.39, 0.29) is 29.7 Å². The van der Waals surface area contributed by atoms with Gasteiger partial charge >= 0.3 is 5.97 Å². The quantitative estimate of drug-likeness (QED) is 0.633. The van der Waals surface area contributed by atoms with Crippen LogP contribution in [0.2, 0.25) is 0 Å². The van der Waals surface area contributed by atoms with E-state index in [4.69, 9.17) is 10.00 Å². The molecular weight excluding hydrogens is 394 g/mol. The lowest BCUT2D eigenvalue weighted by atomic mass is 10.1. The minimum atomic E-state index is -3.65. The number of hydrogen-bond donors (Lipinski definition) is 2. The van der Waals surface area contributed by atoms with Crippen molar-refractivity contribution in [1.29, 1.82) is 5.26 Å². The minimum absolute atomic E-state index is 0.0401.